The Morgan fingerprint density at radius 2 is 2.04 bits per heavy atom. The normalized spacial score (nSPS) is 34.0. The number of aliphatic hydroxyl groups is 1. The van der Waals surface area contributed by atoms with E-state index in [1.807, 2.05) is 0 Å². The lowest BCUT2D eigenvalue weighted by Crippen LogP contribution is -2.47. The molecular weight excluding hydrogens is 427 g/mol. The van der Waals surface area contributed by atoms with Gasteiger partial charge in [-0.3, -0.25) is 9.89 Å². The Balaban J connectivity index is 0.00000312. The topological polar surface area (TPSA) is 59.9 Å². The summed E-state index contributed by atoms with van der Waals surface area (Å²) in [6.45, 7) is 14.9. The van der Waals surface area contributed by atoms with E-state index < -0.39 is 0 Å². The van der Waals surface area contributed by atoms with Crippen LogP contribution in [0.25, 0.3) is 0 Å². The summed E-state index contributed by atoms with van der Waals surface area (Å²) in [5.74, 6) is 1.52. The number of aliphatic hydroxyl groups excluding tert-OH is 1. The Morgan fingerprint density at radius 1 is 1.32 bits per heavy atom. The second-order valence-electron chi connectivity index (χ2n) is 8.39. The summed E-state index contributed by atoms with van der Waals surface area (Å²) in [4.78, 5) is 7.37. The molecular formula is C19H39IN4O. The number of nitrogens with one attached hydrogen (secondary N) is 2. The molecule has 0 amide bonds. The molecule has 4 atom stereocenters. The number of rotatable bonds is 5. The third-order valence-corrected chi connectivity index (χ3v) is 5.92. The minimum Gasteiger partial charge on any atom is -0.392 e. The number of halogens is 1. The third-order valence-electron chi connectivity index (χ3n) is 5.92. The predicted octanol–water partition coefficient (Wildman–Crippen LogP) is 2.83. The zero-order valence-corrected chi connectivity index (χ0v) is 19.0. The van der Waals surface area contributed by atoms with Crippen molar-refractivity contribution in [3.05, 3.63) is 0 Å². The average Bonchev–Trinajstić information content (AvgIpc) is 2.90. The lowest BCUT2D eigenvalue weighted by Gasteiger charge is -2.37. The summed E-state index contributed by atoms with van der Waals surface area (Å²) in [6, 6.07) is 1.03. The van der Waals surface area contributed by atoms with Crippen LogP contribution < -0.4 is 10.6 Å². The molecule has 1 saturated heterocycles. The predicted molar refractivity (Wildman–Crippen MR) is 117 cm³/mol. The first kappa shape index (κ1) is 23.0. The fourth-order valence-electron chi connectivity index (χ4n) is 3.94. The standard InChI is InChI=1S/C19H38N4O.HI/c1-6-20-18(21-13-19(5)10-8-7-9-17(19)24)22-16-12-23(14(2)3)11-15(16)4;/h14-17,24H,6-13H2,1-5H3,(H2,20,21,22);1H. The zero-order chi connectivity index (χ0) is 17.7. The maximum absolute atomic E-state index is 10.4. The van der Waals surface area contributed by atoms with Crippen molar-refractivity contribution in [1.82, 2.24) is 15.5 Å². The van der Waals surface area contributed by atoms with Gasteiger partial charge in [0.25, 0.3) is 0 Å². The van der Waals surface area contributed by atoms with Crippen molar-refractivity contribution in [3.8, 4) is 0 Å². The minimum atomic E-state index is -0.222. The van der Waals surface area contributed by atoms with E-state index in [0.717, 1.165) is 44.9 Å². The molecule has 3 N–H and O–H groups in total. The van der Waals surface area contributed by atoms with Crippen LogP contribution in [-0.4, -0.2) is 60.3 Å². The van der Waals surface area contributed by atoms with Gasteiger partial charge >= 0.3 is 0 Å². The van der Waals surface area contributed by atoms with Crippen LogP contribution in [0.3, 0.4) is 0 Å². The molecule has 148 valence electrons. The average molecular weight is 466 g/mol. The van der Waals surface area contributed by atoms with Gasteiger partial charge in [-0.15, -0.1) is 24.0 Å². The van der Waals surface area contributed by atoms with Gasteiger partial charge in [-0.25, -0.2) is 0 Å². The quantitative estimate of drug-likeness (QED) is 0.331. The molecule has 2 rings (SSSR count). The SMILES string of the molecule is CCNC(=NCC1(C)CCCCC1O)NC1CN(C(C)C)CC1C.I. The molecule has 25 heavy (non-hydrogen) atoms. The fraction of sp³-hybridized carbons (Fsp3) is 0.947. The Morgan fingerprint density at radius 3 is 2.60 bits per heavy atom. The highest BCUT2D eigenvalue weighted by molar-refractivity contribution is 14.0. The van der Waals surface area contributed by atoms with Gasteiger partial charge < -0.3 is 15.7 Å². The monoisotopic (exact) mass is 466 g/mol. The summed E-state index contributed by atoms with van der Waals surface area (Å²) in [5.41, 5.74) is -0.0775. The van der Waals surface area contributed by atoms with E-state index in [-0.39, 0.29) is 35.5 Å². The van der Waals surface area contributed by atoms with E-state index in [4.69, 9.17) is 4.99 Å². The van der Waals surface area contributed by atoms with Gasteiger partial charge in [0.15, 0.2) is 5.96 Å². The van der Waals surface area contributed by atoms with Crippen LogP contribution in [0.15, 0.2) is 4.99 Å². The van der Waals surface area contributed by atoms with Gasteiger partial charge in [-0.2, -0.15) is 0 Å². The van der Waals surface area contributed by atoms with Gasteiger partial charge in [0.1, 0.15) is 0 Å². The number of hydrogen-bond donors (Lipinski definition) is 3. The van der Waals surface area contributed by atoms with Crippen LogP contribution in [0.2, 0.25) is 0 Å². The first-order valence-electron chi connectivity index (χ1n) is 9.82. The molecule has 5 nitrogen and oxygen atoms in total. The van der Waals surface area contributed by atoms with Crippen molar-refractivity contribution in [3.63, 3.8) is 0 Å². The Labute approximate surface area is 171 Å². The summed E-state index contributed by atoms with van der Waals surface area (Å²) >= 11 is 0. The largest absolute Gasteiger partial charge is 0.392 e. The lowest BCUT2D eigenvalue weighted by atomic mass is 9.73. The fourth-order valence-corrected chi connectivity index (χ4v) is 3.94. The van der Waals surface area contributed by atoms with Crippen molar-refractivity contribution in [1.29, 1.82) is 0 Å². The second kappa shape index (κ2) is 10.3. The highest BCUT2D eigenvalue weighted by atomic mass is 127. The highest BCUT2D eigenvalue weighted by Crippen LogP contribution is 2.36. The van der Waals surface area contributed by atoms with E-state index in [9.17, 15) is 5.11 Å². The first-order chi connectivity index (χ1) is 11.4. The van der Waals surface area contributed by atoms with E-state index in [2.05, 4.69) is 50.2 Å². The highest BCUT2D eigenvalue weighted by Gasteiger charge is 2.36. The smallest absolute Gasteiger partial charge is 0.191 e. The molecule has 4 unspecified atom stereocenters. The molecule has 2 aliphatic rings. The second-order valence-corrected chi connectivity index (χ2v) is 8.39. The molecule has 1 saturated carbocycles. The van der Waals surface area contributed by atoms with E-state index in [1.54, 1.807) is 0 Å². The Hall–Kier alpha value is -0.0800. The molecule has 0 aromatic heterocycles. The maximum Gasteiger partial charge on any atom is 0.191 e. The number of guanidine groups is 1. The summed E-state index contributed by atoms with van der Waals surface area (Å²) in [5, 5.41) is 17.4. The number of likely N-dealkylation sites (tertiary alicyclic amines) is 1. The molecule has 0 aromatic rings. The summed E-state index contributed by atoms with van der Waals surface area (Å²) < 4.78 is 0. The molecule has 1 aliphatic carbocycles. The molecule has 0 aromatic carbocycles. The van der Waals surface area contributed by atoms with Crippen LogP contribution in [0.4, 0.5) is 0 Å². The summed E-state index contributed by atoms with van der Waals surface area (Å²) in [6.07, 6.45) is 4.11. The van der Waals surface area contributed by atoms with Crippen molar-refractivity contribution in [2.75, 3.05) is 26.2 Å². The van der Waals surface area contributed by atoms with Crippen molar-refractivity contribution < 1.29 is 5.11 Å². The molecule has 2 fully saturated rings. The van der Waals surface area contributed by atoms with Crippen LogP contribution in [0, 0.1) is 11.3 Å². The number of hydrogen-bond acceptors (Lipinski definition) is 3. The van der Waals surface area contributed by atoms with Crippen molar-refractivity contribution in [2.45, 2.75) is 78.5 Å². The minimum absolute atomic E-state index is 0. The van der Waals surface area contributed by atoms with E-state index >= 15 is 0 Å². The summed E-state index contributed by atoms with van der Waals surface area (Å²) in [7, 11) is 0. The molecule has 1 aliphatic heterocycles. The first-order valence-corrected chi connectivity index (χ1v) is 9.82. The van der Waals surface area contributed by atoms with Crippen LogP contribution >= 0.6 is 24.0 Å². The zero-order valence-electron chi connectivity index (χ0n) is 16.7. The maximum atomic E-state index is 10.4. The van der Waals surface area contributed by atoms with Gasteiger partial charge in [-0.1, -0.05) is 26.7 Å². The number of aliphatic imine (C=N–C) groups is 1. The van der Waals surface area contributed by atoms with Gasteiger partial charge in [-0.05, 0) is 39.5 Å². The molecule has 6 heteroatoms. The van der Waals surface area contributed by atoms with Crippen LogP contribution in [0.1, 0.15) is 60.3 Å². The molecule has 0 radical (unpaired) electrons. The van der Waals surface area contributed by atoms with Gasteiger partial charge in [0, 0.05) is 37.1 Å². The molecule has 0 bridgehead atoms. The third kappa shape index (κ3) is 6.24. The molecule has 0 spiro atoms. The van der Waals surface area contributed by atoms with E-state index in [1.165, 1.54) is 6.42 Å². The van der Waals surface area contributed by atoms with E-state index in [0.29, 0.717) is 24.5 Å². The number of nitrogens with zero attached hydrogens (tertiary/aromatic N) is 2. The van der Waals surface area contributed by atoms with Crippen molar-refractivity contribution in [2.24, 2.45) is 16.3 Å². The van der Waals surface area contributed by atoms with Crippen molar-refractivity contribution >= 4 is 29.9 Å². The molecule has 1 heterocycles. The Kier molecular flexibility index (Phi) is 9.46. The van der Waals surface area contributed by atoms with Gasteiger partial charge in [0.2, 0.25) is 0 Å². The van der Waals surface area contributed by atoms with Gasteiger partial charge in [0.05, 0.1) is 12.6 Å². The van der Waals surface area contributed by atoms with Crippen LogP contribution in [-0.2, 0) is 0 Å². The Bertz CT molecular complexity index is 432. The lowest BCUT2D eigenvalue weighted by molar-refractivity contribution is 0.00715. The van der Waals surface area contributed by atoms with Crippen LogP contribution in [0.5, 0.6) is 0 Å².